The Balaban J connectivity index is 1.81. The number of sulfone groups is 1. The molecule has 0 saturated carbocycles. The maximum absolute atomic E-state index is 17.7. The highest BCUT2D eigenvalue weighted by molar-refractivity contribution is 7.90. The van der Waals surface area contributed by atoms with Crippen LogP contribution in [0.3, 0.4) is 0 Å². The average molecular weight is 677 g/mol. The minimum Gasteiger partial charge on any atom is -0.366 e. The molecule has 0 atom stereocenters. The van der Waals surface area contributed by atoms with E-state index in [-0.39, 0.29) is 65.2 Å². The highest BCUT2D eigenvalue weighted by Crippen LogP contribution is 2.44. The van der Waals surface area contributed by atoms with E-state index in [1.165, 1.54) is 12.1 Å². The van der Waals surface area contributed by atoms with Crippen LogP contribution in [0.15, 0.2) is 59.0 Å². The van der Waals surface area contributed by atoms with Gasteiger partial charge >= 0.3 is 0 Å². The Hall–Kier alpha value is -4.55. The van der Waals surface area contributed by atoms with Crippen LogP contribution >= 0.6 is 11.6 Å². The SMILES string of the molecule is C=CC(=O)N1CCN(c2c(S(C)(=O)=O)c(=O)n(-c3c(C)ccnc3C(C)C)c3c(F)c(-c4c(C)ccc5[nH]ncc45)c(Cl)cc23)CC1. The number of amides is 1. The van der Waals surface area contributed by atoms with E-state index in [1.807, 2.05) is 32.9 Å². The zero-order valence-electron chi connectivity index (χ0n) is 26.7. The number of hydrogen-bond acceptors (Lipinski definition) is 7. The lowest BCUT2D eigenvalue weighted by molar-refractivity contribution is -0.126. The molecule has 1 aliphatic heterocycles. The Morgan fingerprint density at radius 3 is 2.40 bits per heavy atom. The summed E-state index contributed by atoms with van der Waals surface area (Å²) in [6.07, 6.45) is 5.39. The van der Waals surface area contributed by atoms with Crippen molar-refractivity contribution in [2.75, 3.05) is 37.3 Å². The van der Waals surface area contributed by atoms with Crippen LogP contribution in [0.25, 0.3) is 38.6 Å². The second-order valence-corrected chi connectivity index (χ2v) is 14.5. The molecule has 4 heterocycles. The second-order valence-electron chi connectivity index (χ2n) is 12.2. The number of H-pyrrole nitrogens is 1. The van der Waals surface area contributed by atoms with Gasteiger partial charge in [0.1, 0.15) is 0 Å². The van der Waals surface area contributed by atoms with Gasteiger partial charge in [-0.1, -0.05) is 38.1 Å². The first-order valence-electron chi connectivity index (χ1n) is 15.1. The number of anilines is 1. The van der Waals surface area contributed by atoms with Crippen molar-refractivity contribution in [2.45, 2.75) is 38.5 Å². The number of piperazine rings is 1. The lowest BCUT2D eigenvalue weighted by Gasteiger charge is -2.37. The van der Waals surface area contributed by atoms with E-state index >= 15 is 4.39 Å². The van der Waals surface area contributed by atoms with Gasteiger partial charge in [0.25, 0.3) is 5.56 Å². The van der Waals surface area contributed by atoms with Crippen LogP contribution in [0.1, 0.15) is 36.6 Å². The van der Waals surface area contributed by atoms with Crippen LogP contribution in [0.2, 0.25) is 5.02 Å². The topological polar surface area (TPSA) is 121 Å². The molecule has 47 heavy (non-hydrogen) atoms. The van der Waals surface area contributed by atoms with E-state index in [4.69, 9.17) is 11.6 Å². The van der Waals surface area contributed by atoms with E-state index in [9.17, 15) is 18.0 Å². The van der Waals surface area contributed by atoms with Gasteiger partial charge in [-0.3, -0.25) is 24.2 Å². The molecule has 1 amide bonds. The Kier molecular flexibility index (Phi) is 8.21. The molecule has 1 aliphatic rings. The fourth-order valence-corrected chi connectivity index (χ4v) is 7.83. The number of carbonyl (C=O) groups excluding carboxylic acids is 1. The summed E-state index contributed by atoms with van der Waals surface area (Å²) in [5, 5.41) is 7.88. The summed E-state index contributed by atoms with van der Waals surface area (Å²) in [7, 11) is -4.20. The monoisotopic (exact) mass is 676 g/mol. The molecule has 0 bridgehead atoms. The molecule has 2 aromatic carbocycles. The predicted octanol–water partition coefficient (Wildman–Crippen LogP) is 5.70. The largest absolute Gasteiger partial charge is 0.366 e. The molecule has 0 radical (unpaired) electrons. The number of nitrogens with one attached hydrogen (secondary N) is 1. The van der Waals surface area contributed by atoms with Gasteiger partial charge in [0.15, 0.2) is 20.5 Å². The predicted molar refractivity (Wildman–Crippen MR) is 183 cm³/mol. The van der Waals surface area contributed by atoms with Crippen molar-refractivity contribution in [3.8, 4) is 16.8 Å². The number of halogens is 2. The van der Waals surface area contributed by atoms with Gasteiger partial charge in [0, 0.05) is 60.5 Å². The fourth-order valence-electron chi connectivity index (χ4n) is 6.55. The molecule has 13 heteroatoms. The molecule has 5 aromatic rings. The zero-order chi connectivity index (χ0) is 33.9. The van der Waals surface area contributed by atoms with Crippen molar-refractivity contribution >= 4 is 54.8 Å². The van der Waals surface area contributed by atoms with Gasteiger partial charge in [0.2, 0.25) is 5.91 Å². The summed E-state index contributed by atoms with van der Waals surface area (Å²) >= 11 is 6.99. The van der Waals surface area contributed by atoms with Gasteiger partial charge in [-0.15, -0.1) is 0 Å². The van der Waals surface area contributed by atoms with Gasteiger partial charge in [-0.2, -0.15) is 5.10 Å². The van der Waals surface area contributed by atoms with Crippen LogP contribution < -0.4 is 10.5 Å². The Bertz CT molecular complexity index is 2290. The maximum Gasteiger partial charge on any atom is 0.276 e. The van der Waals surface area contributed by atoms with Gasteiger partial charge < -0.3 is 9.80 Å². The molecule has 0 aliphatic carbocycles. The number of aromatic amines is 1. The smallest absolute Gasteiger partial charge is 0.276 e. The van der Waals surface area contributed by atoms with Crippen molar-refractivity contribution in [1.29, 1.82) is 0 Å². The number of carbonyl (C=O) groups is 1. The molecule has 1 saturated heterocycles. The summed E-state index contributed by atoms with van der Waals surface area (Å²) in [4.78, 5) is 34.5. The highest BCUT2D eigenvalue weighted by Gasteiger charge is 2.34. The quantitative estimate of drug-likeness (QED) is 0.229. The number of hydrogen-bond donors (Lipinski definition) is 1. The molecule has 1 N–H and O–H groups in total. The summed E-state index contributed by atoms with van der Waals surface area (Å²) in [5.41, 5.74) is 2.39. The van der Waals surface area contributed by atoms with Crippen molar-refractivity contribution < 1.29 is 17.6 Å². The number of fused-ring (bicyclic) bond motifs is 2. The number of benzene rings is 2. The molecular formula is C34H34ClFN6O4S. The van der Waals surface area contributed by atoms with Gasteiger partial charge in [0.05, 0.1) is 39.3 Å². The first kappa shape index (κ1) is 32.4. The summed E-state index contributed by atoms with van der Waals surface area (Å²) in [5.74, 6) is -1.24. The summed E-state index contributed by atoms with van der Waals surface area (Å²) in [6.45, 7) is 11.8. The van der Waals surface area contributed by atoms with Crippen LogP contribution in [-0.2, 0) is 14.6 Å². The molecule has 3 aromatic heterocycles. The normalized spacial score (nSPS) is 14.0. The summed E-state index contributed by atoms with van der Waals surface area (Å²) in [6, 6.07) is 6.91. The van der Waals surface area contributed by atoms with Crippen LogP contribution in [-0.4, -0.2) is 71.4 Å². The third kappa shape index (κ3) is 5.29. The molecule has 244 valence electrons. The van der Waals surface area contributed by atoms with Crippen LogP contribution in [0, 0.1) is 19.7 Å². The van der Waals surface area contributed by atoms with E-state index in [0.717, 1.165) is 16.4 Å². The van der Waals surface area contributed by atoms with Gasteiger partial charge in [-0.25, -0.2) is 12.8 Å². The number of aryl methyl sites for hydroxylation is 2. The van der Waals surface area contributed by atoms with Crippen molar-refractivity contribution in [1.82, 2.24) is 24.6 Å². The van der Waals surface area contributed by atoms with Crippen molar-refractivity contribution in [3.63, 3.8) is 0 Å². The number of pyridine rings is 2. The van der Waals surface area contributed by atoms with E-state index in [2.05, 4.69) is 21.8 Å². The first-order valence-corrected chi connectivity index (χ1v) is 17.4. The molecule has 6 rings (SSSR count). The standard InChI is InChI=1S/C34H34ClFN6O4S/c1-7-25(43)40-12-14-41(15-13-40)32-21-16-23(35)27(26-19(4)8-9-24-22(26)17-38-39-24)28(36)31(21)42(34(44)33(32)47(6,45)46)30-20(5)10-11-37-29(30)18(2)3/h7-11,16-18H,1,12-15H2,2-6H3,(H,38,39). The Labute approximate surface area is 276 Å². The first-order chi connectivity index (χ1) is 22.3. The molecular weight excluding hydrogens is 643 g/mol. The number of rotatable bonds is 6. The minimum atomic E-state index is -4.20. The minimum absolute atomic E-state index is 0.0326. The summed E-state index contributed by atoms with van der Waals surface area (Å²) < 4.78 is 46.1. The molecule has 1 fully saturated rings. The average Bonchev–Trinajstić information content (AvgIpc) is 3.50. The van der Waals surface area contributed by atoms with Gasteiger partial charge in [-0.05, 0) is 55.2 Å². The molecule has 10 nitrogen and oxygen atoms in total. The number of nitrogens with zero attached hydrogens (tertiary/aromatic N) is 5. The zero-order valence-corrected chi connectivity index (χ0v) is 28.3. The maximum atomic E-state index is 17.7. The highest BCUT2D eigenvalue weighted by atomic mass is 35.5. The van der Waals surface area contributed by atoms with Crippen molar-refractivity contribution in [2.24, 2.45) is 0 Å². The Morgan fingerprint density at radius 1 is 1.06 bits per heavy atom. The fraction of sp³-hybridized carbons (Fsp3) is 0.294. The van der Waals surface area contributed by atoms with Crippen LogP contribution in [0.4, 0.5) is 10.1 Å². The lowest BCUT2D eigenvalue weighted by Crippen LogP contribution is -2.49. The van der Waals surface area contributed by atoms with Crippen LogP contribution in [0.5, 0.6) is 0 Å². The number of aromatic nitrogens is 4. The third-order valence-corrected chi connectivity index (χ3v) is 10.2. The molecule has 0 unspecified atom stereocenters. The van der Waals surface area contributed by atoms with E-state index in [0.29, 0.717) is 33.4 Å². The third-order valence-electron chi connectivity index (χ3n) is 8.74. The lowest BCUT2D eigenvalue weighted by atomic mass is 9.94. The Morgan fingerprint density at radius 2 is 1.77 bits per heavy atom. The van der Waals surface area contributed by atoms with Crippen molar-refractivity contribution in [3.05, 3.63) is 87.3 Å². The second kappa shape index (κ2) is 11.9. The van der Waals surface area contributed by atoms with E-state index in [1.54, 1.807) is 35.2 Å². The van der Waals surface area contributed by atoms with E-state index < -0.39 is 26.1 Å². The molecule has 0 spiro atoms.